The van der Waals surface area contributed by atoms with Crippen LogP contribution in [0.1, 0.15) is 13.8 Å². The van der Waals surface area contributed by atoms with Crippen molar-refractivity contribution in [3.63, 3.8) is 0 Å². The molecule has 0 heterocycles. The number of nitrogens with one attached hydrogen (secondary N) is 1. The second-order valence-electron chi connectivity index (χ2n) is 2.57. The van der Waals surface area contributed by atoms with E-state index in [-0.39, 0.29) is 18.4 Å². The zero-order chi connectivity index (χ0) is 8.85. The first-order valence-electron chi connectivity index (χ1n) is 3.58. The van der Waals surface area contributed by atoms with Gasteiger partial charge in [-0.3, -0.25) is 9.79 Å². The molecule has 0 bridgehead atoms. The van der Waals surface area contributed by atoms with Crippen LogP contribution >= 0.6 is 0 Å². The molecule has 0 aromatic rings. The van der Waals surface area contributed by atoms with Crippen LogP contribution in [0.3, 0.4) is 0 Å². The van der Waals surface area contributed by atoms with Crippen LogP contribution in [0.25, 0.3) is 0 Å². The van der Waals surface area contributed by atoms with Gasteiger partial charge >= 0.3 is 0 Å². The second kappa shape index (κ2) is 4.71. The zero-order valence-corrected chi connectivity index (χ0v) is 7.22. The van der Waals surface area contributed by atoms with Gasteiger partial charge in [0.2, 0.25) is 5.91 Å². The summed E-state index contributed by atoms with van der Waals surface area (Å²) >= 11 is 0. The summed E-state index contributed by atoms with van der Waals surface area (Å²) in [4.78, 5) is 14.5. The van der Waals surface area contributed by atoms with Crippen molar-refractivity contribution in [2.75, 3.05) is 13.6 Å². The van der Waals surface area contributed by atoms with E-state index in [2.05, 4.69) is 10.3 Å². The molecule has 0 aliphatic carbocycles. The monoisotopic (exact) mass is 157 g/mol. The molecule has 0 unspecified atom stereocenters. The molecule has 11 heavy (non-hydrogen) atoms. The number of nitrogens with two attached hydrogens (primary N) is 1. The highest BCUT2D eigenvalue weighted by atomic mass is 16.1. The number of amides is 1. The van der Waals surface area contributed by atoms with Crippen LogP contribution in [0, 0.1) is 5.92 Å². The lowest BCUT2D eigenvalue weighted by Crippen LogP contribution is -2.25. The van der Waals surface area contributed by atoms with Crippen LogP contribution in [0.5, 0.6) is 0 Å². The summed E-state index contributed by atoms with van der Waals surface area (Å²) < 4.78 is 0. The molecule has 4 heteroatoms. The lowest BCUT2D eigenvalue weighted by molar-refractivity contribution is -0.119. The highest BCUT2D eigenvalue weighted by molar-refractivity contribution is 5.86. The summed E-state index contributed by atoms with van der Waals surface area (Å²) in [6, 6.07) is 0. The third-order valence-electron chi connectivity index (χ3n) is 1.28. The molecule has 1 amide bonds. The third kappa shape index (κ3) is 4.36. The summed E-state index contributed by atoms with van der Waals surface area (Å²) in [7, 11) is 1.57. The molecule has 0 spiro atoms. The minimum atomic E-state index is -0.117. The smallest absolute Gasteiger partial charge is 0.241 e. The molecule has 0 aliphatic rings. The van der Waals surface area contributed by atoms with Gasteiger partial charge < -0.3 is 11.1 Å². The van der Waals surface area contributed by atoms with Crippen molar-refractivity contribution < 1.29 is 4.79 Å². The Balaban J connectivity index is 3.82. The standard InChI is InChI=1S/C7H15N3O/c1-5(2)7(8)10-4-6(11)9-3/h5H,4H2,1-3H3,(H2,8,10)(H,9,11). The van der Waals surface area contributed by atoms with Gasteiger partial charge in [0, 0.05) is 13.0 Å². The van der Waals surface area contributed by atoms with Gasteiger partial charge in [0.1, 0.15) is 6.54 Å². The van der Waals surface area contributed by atoms with Gasteiger partial charge in [0.25, 0.3) is 0 Å². The minimum Gasteiger partial charge on any atom is -0.387 e. The van der Waals surface area contributed by atoms with Crippen LogP contribution in [0.4, 0.5) is 0 Å². The molecule has 0 saturated heterocycles. The van der Waals surface area contributed by atoms with Crippen molar-refractivity contribution in [3.05, 3.63) is 0 Å². The van der Waals surface area contributed by atoms with Crippen molar-refractivity contribution in [2.45, 2.75) is 13.8 Å². The van der Waals surface area contributed by atoms with E-state index in [9.17, 15) is 4.79 Å². The first-order valence-corrected chi connectivity index (χ1v) is 3.58. The van der Waals surface area contributed by atoms with Crippen molar-refractivity contribution in [1.82, 2.24) is 5.32 Å². The average Bonchev–Trinajstić information content (AvgIpc) is 1.99. The molecule has 64 valence electrons. The molecule has 0 fully saturated rings. The van der Waals surface area contributed by atoms with Crippen molar-refractivity contribution in [1.29, 1.82) is 0 Å². The summed E-state index contributed by atoms with van der Waals surface area (Å²) in [5.41, 5.74) is 5.49. The van der Waals surface area contributed by atoms with Crippen LogP contribution in [-0.4, -0.2) is 25.3 Å². The Kier molecular flexibility index (Phi) is 4.26. The number of amidine groups is 1. The molecular formula is C7H15N3O. The molecule has 0 radical (unpaired) electrons. The number of nitrogens with zero attached hydrogens (tertiary/aromatic N) is 1. The number of likely N-dealkylation sites (N-methyl/N-ethyl adjacent to an activating group) is 1. The Morgan fingerprint density at radius 3 is 2.55 bits per heavy atom. The summed E-state index contributed by atoms with van der Waals surface area (Å²) in [6.07, 6.45) is 0. The van der Waals surface area contributed by atoms with E-state index in [1.165, 1.54) is 0 Å². The lowest BCUT2D eigenvalue weighted by atomic mass is 10.2. The number of aliphatic imine (C=N–C) groups is 1. The van der Waals surface area contributed by atoms with Crippen molar-refractivity contribution in [3.8, 4) is 0 Å². The van der Waals surface area contributed by atoms with E-state index in [1.807, 2.05) is 13.8 Å². The van der Waals surface area contributed by atoms with Gasteiger partial charge in [-0.15, -0.1) is 0 Å². The quantitative estimate of drug-likeness (QED) is 0.438. The molecule has 0 aliphatic heterocycles. The maximum Gasteiger partial charge on any atom is 0.241 e. The van der Waals surface area contributed by atoms with Gasteiger partial charge in [0.15, 0.2) is 0 Å². The predicted molar refractivity (Wildman–Crippen MR) is 45.4 cm³/mol. The fraction of sp³-hybridized carbons (Fsp3) is 0.714. The summed E-state index contributed by atoms with van der Waals surface area (Å²) in [5.74, 6) is 0.613. The van der Waals surface area contributed by atoms with E-state index in [0.717, 1.165) is 0 Å². The first kappa shape index (κ1) is 9.94. The molecular weight excluding hydrogens is 142 g/mol. The van der Waals surface area contributed by atoms with Crippen LogP contribution < -0.4 is 11.1 Å². The van der Waals surface area contributed by atoms with Crippen LogP contribution in [0.2, 0.25) is 0 Å². The van der Waals surface area contributed by atoms with Crippen molar-refractivity contribution >= 4 is 11.7 Å². The minimum absolute atomic E-state index is 0.117. The maximum absolute atomic E-state index is 10.7. The fourth-order valence-electron chi connectivity index (χ4n) is 0.425. The lowest BCUT2D eigenvalue weighted by Gasteiger charge is -2.02. The number of carbonyl (C=O) groups excluding carboxylic acids is 1. The normalized spacial score (nSPS) is 11.8. The Hall–Kier alpha value is -1.06. The van der Waals surface area contributed by atoms with Gasteiger partial charge in [-0.1, -0.05) is 13.8 Å². The fourth-order valence-corrected chi connectivity index (χ4v) is 0.425. The zero-order valence-electron chi connectivity index (χ0n) is 7.22. The highest BCUT2D eigenvalue weighted by Crippen LogP contribution is 1.90. The SMILES string of the molecule is CNC(=O)CN=C(N)C(C)C. The highest BCUT2D eigenvalue weighted by Gasteiger charge is 1.99. The van der Waals surface area contributed by atoms with E-state index in [4.69, 9.17) is 5.73 Å². The Morgan fingerprint density at radius 2 is 2.18 bits per heavy atom. The maximum atomic E-state index is 10.7. The van der Waals surface area contributed by atoms with E-state index in [0.29, 0.717) is 5.84 Å². The molecule has 0 atom stereocenters. The Labute approximate surface area is 66.9 Å². The van der Waals surface area contributed by atoms with Crippen LogP contribution in [-0.2, 0) is 4.79 Å². The third-order valence-corrected chi connectivity index (χ3v) is 1.28. The van der Waals surface area contributed by atoms with Gasteiger partial charge in [-0.05, 0) is 0 Å². The molecule has 0 saturated carbocycles. The topological polar surface area (TPSA) is 67.5 Å². The van der Waals surface area contributed by atoms with Crippen LogP contribution in [0.15, 0.2) is 4.99 Å². The van der Waals surface area contributed by atoms with Gasteiger partial charge in [-0.25, -0.2) is 0 Å². The second-order valence-corrected chi connectivity index (χ2v) is 2.57. The predicted octanol–water partition coefficient (Wildman–Crippen LogP) is -0.254. The molecule has 0 rings (SSSR count). The molecule has 3 N–H and O–H groups in total. The van der Waals surface area contributed by atoms with E-state index < -0.39 is 0 Å². The summed E-state index contributed by atoms with van der Waals surface area (Å²) in [5, 5.41) is 2.46. The molecule has 4 nitrogen and oxygen atoms in total. The van der Waals surface area contributed by atoms with Gasteiger partial charge in [-0.2, -0.15) is 0 Å². The number of hydrogen-bond donors (Lipinski definition) is 2. The van der Waals surface area contributed by atoms with Gasteiger partial charge in [0.05, 0.1) is 5.84 Å². The summed E-state index contributed by atoms with van der Waals surface area (Å²) in [6.45, 7) is 3.99. The Morgan fingerprint density at radius 1 is 1.64 bits per heavy atom. The number of hydrogen-bond acceptors (Lipinski definition) is 2. The average molecular weight is 157 g/mol. The van der Waals surface area contributed by atoms with E-state index in [1.54, 1.807) is 7.05 Å². The number of rotatable bonds is 3. The first-order chi connectivity index (χ1) is 5.07. The molecule has 0 aromatic heterocycles. The van der Waals surface area contributed by atoms with E-state index >= 15 is 0 Å². The Bertz CT molecular complexity index is 163. The number of carbonyl (C=O) groups is 1. The largest absolute Gasteiger partial charge is 0.387 e. The molecule has 0 aromatic carbocycles. The van der Waals surface area contributed by atoms with Crippen molar-refractivity contribution in [2.24, 2.45) is 16.6 Å².